The van der Waals surface area contributed by atoms with Gasteiger partial charge in [-0.3, -0.25) is 11.3 Å². The lowest BCUT2D eigenvalue weighted by molar-refractivity contribution is 0.360. The molecular formula is C26H39N7. The topological polar surface area (TPSA) is 121 Å². The summed E-state index contributed by atoms with van der Waals surface area (Å²) in [5, 5.41) is 0. The van der Waals surface area contributed by atoms with Crippen molar-refractivity contribution in [3.05, 3.63) is 52.4 Å². The van der Waals surface area contributed by atoms with Crippen LogP contribution in [0.3, 0.4) is 0 Å². The van der Waals surface area contributed by atoms with Gasteiger partial charge < -0.3 is 15.7 Å². The van der Waals surface area contributed by atoms with Crippen molar-refractivity contribution in [2.24, 2.45) is 17.5 Å². The van der Waals surface area contributed by atoms with Crippen molar-refractivity contribution in [1.82, 2.24) is 25.4 Å². The molecule has 3 aromatic rings. The van der Waals surface area contributed by atoms with Gasteiger partial charge in [-0.15, -0.1) is 0 Å². The molecule has 1 aromatic carbocycles. The third-order valence-electron chi connectivity index (χ3n) is 7.22. The number of imidazole rings is 2. The van der Waals surface area contributed by atoms with Gasteiger partial charge in [0, 0.05) is 17.8 Å². The Kier molecular flexibility index (Phi) is 7.02. The molecule has 0 amide bonds. The normalized spacial score (nSPS) is 21.6. The van der Waals surface area contributed by atoms with Crippen LogP contribution in [0.2, 0.25) is 0 Å². The molecule has 2 heterocycles. The molecule has 0 bridgehead atoms. The molecule has 1 saturated carbocycles. The van der Waals surface area contributed by atoms with E-state index in [9.17, 15) is 0 Å². The predicted molar refractivity (Wildman–Crippen MR) is 135 cm³/mol. The maximum absolute atomic E-state index is 5.97. The van der Waals surface area contributed by atoms with Crippen LogP contribution in [0.4, 0.5) is 0 Å². The predicted octanol–water partition coefficient (Wildman–Crippen LogP) is 5.33. The Labute approximate surface area is 196 Å². The number of rotatable bonds is 7. The first kappa shape index (κ1) is 23.7. The van der Waals surface area contributed by atoms with E-state index in [0.717, 1.165) is 22.7 Å². The Morgan fingerprint density at radius 1 is 1.09 bits per heavy atom. The molecule has 1 aliphatic rings. The molecule has 4 rings (SSSR count). The number of benzene rings is 1. The molecule has 1 aliphatic carbocycles. The molecule has 0 spiro atoms. The number of hydrogen-bond donors (Lipinski definition) is 5. The number of nitrogens with one attached hydrogen (secondary N) is 3. The Balaban J connectivity index is 1.53. The number of allylic oxidation sites excluding steroid dienone is 1. The van der Waals surface area contributed by atoms with E-state index < -0.39 is 0 Å². The standard InChI is InChI=1S/C26H39N7/c1-14(2)23-20(10-11-21-24(23)32-26(30-21)17(5)33-28)12-15(3)18-6-8-19(9-7-18)22-13-29-25(31-22)16(4)27/h10-14,16-19,33H,6-9,27-28H2,1-5H3,(H,29,31)(H,30,32). The van der Waals surface area contributed by atoms with Gasteiger partial charge in [0.15, 0.2) is 0 Å². The van der Waals surface area contributed by atoms with E-state index in [1.54, 1.807) is 0 Å². The molecule has 7 nitrogen and oxygen atoms in total. The van der Waals surface area contributed by atoms with E-state index in [1.807, 2.05) is 20.0 Å². The van der Waals surface area contributed by atoms with E-state index in [4.69, 9.17) is 16.6 Å². The van der Waals surface area contributed by atoms with Gasteiger partial charge in [-0.05, 0) is 75.5 Å². The van der Waals surface area contributed by atoms with Crippen LogP contribution in [-0.2, 0) is 0 Å². The third kappa shape index (κ3) is 4.90. The number of fused-ring (bicyclic) bond motifs is 1. The highest BCUT2D eigenvalue weighted by Crippen LogP contribution is 2.39. The van der Waals surface area contributed by atoms with Crippen LogP contribution >= 0.6 is 0 Å². The lowest BCUT2D eigenvalue weighted by Gasteiger charge is -2.28. The van der Waals surface area contributed by atoms with Gasteiger partial charge >= 0.3 is 0 Å². The van der Waals surface area contributed by atoms with E-state index in [-0.39, 0.29) is 12.1 Å². The van der Waals surface area contributed by atoms with E-state index in [2.05, 4.69) is 59.4 Å². The van der Waals surface area contributed by atoms with Crippen LogP contribution < -0.4 is 17.0 Å². The Hall–Kier alpha value is -2.48. The van der Waals surface area contributed by atoms with Crippen molar-refractivity contribution in [2.45, 2.75) is 84.2 Å². The van der Waals surface area contributed by atoms with Crippen molar-refractivity contribution in [2.75, 3.05) is 0 Å². The largest absolute Gasteiger partial charge is 0.344 e. The van der Waals surface area contributed by atoms with Crippen molar-refractivity contribution in [3.8, 4) is 0 Å². The number of aromatic amines is 2. The minimum Gasteiger partial charge on any atom is -0.344 e. The molecule has 7 N–H and O–H groups in total. The Bertz CT molecular complexity index is 1110. The molecule has 2 unspecified atom stereocenters. The number of aromatic nitrogens is 4. The van der Waals surface area contributed by atoms with E-state index >= 15 is 0 Å². The molecule has 178 valence electrons. The number of nitrogens with two attached hydrogens (primary N) is 2. The number of hydrazine groups is 1. The Morgan fingerprint density at radius 2 is 1.82 bits per heavy atom. The first-order chi connectivity index (χ1) is 15.8. The molecule has 2 aromatic heterocycles. The SMILES string of the molecule is CC(=Cc1ccc2[nH]c(C(C)NN)nc2c1C(C)C)C1CCC(c2cnc(C(C)N)[nH]2)CC1. The second-order valence-corrected chi connectivity index (χ2v) is 10.1. The van der Waals surface area contributed by atoms with Gasteiger partial charge in [0.1, 0.15) is 11.6 Å². The van der Waals surface area contributed by atoms with Gasteiger partial charge in [0.25, 0.3) is 0 Å². The smallest absolute Gasteiger partial charge is 0.125 e. The zero-order valence-corrected chi connectivity index (χ0v) is 20.6. The first-order valence-corrected chi connectivity index (χ1v) is 12.3. The zero-order valence-electron chi connectivity index (χ0n) is 20.6. The van der Waals surface area contributed by atoms with Gasteiger partial charge in [-0.2, -0.15) is 0 Å². The number of hydrogen-bond acceptors (Lipinski definition) is 5. The number of H-pyrrole nitrogens is 2. The van der Waals surface area contributed by atoms with Gasteiger partial charge in [-0.1, -0.05) is 31.6 Å². The van der Waals surface area contributed by atoms with Gasteiger partial charge in [0.2, 0.25) is 0 Å². The molecular weight excluding hydrogens is 410 g/mol. The van der Waals surface area contributed by atoms with Crippen LogP contribution in [0.15, 0.2) is 23.9 Å². The molecule has 0 aliphatic heterocycles. The monoisotopic (exact) mass is 449 g/mol. The summed E-state index contributed by atoms with van der Waals surface area (Å²) in [4.78, 5) is 16.2. The molecule has 1 fully saturated rings. The highest BCUT2D eigenvalue weighted by molar-refractivity contribution is 5.84. The van der Waals surface area contributed by atoms with Crippen LogP contribution in [0.1, 0.15) is 113 Å². The Morgan fingerprint density at radius 3 is 2.42 bits per heavy atom. The summed E-state index contributed by atoms with van der Waals surface area (Å²) in [7, 11) is 0. The van der Waals surface area contributed by atoms with Crippen LogP contribution in [0.25, 0.3) is 17.1 Å². The molecule has 0 radical (unpaired) electrons. The van der Waals surface area contributed by atoms with Crippen molar-refractivity contribution in [3.63, 3.8) is 0 Å². The second kappa shape index (κ2) is 9.79. The first-order valence-electron chi connectivity index (χ1n) is 12.3. The summed E-state index contributed by atoms with van der Waals surface area (Å²) < 4.78 is 0. The minimum atomic E-state index is -0.0480. The lowest BCUT2D eigenvalue weighted by atomic mass is 9.77. The number of nitrogens with zero attached hydrogens (tertiary/aromatic N) is 2. The lowest BCUT2D eigenvalue weighted by Crippen LogP contribution is -2.26. The van der Waals surface area contributed by atoms with Crippen molar-refractivity contribution >= 4 is 17.1 Å². The quantitative estimate of drug-likeness (QED) is 0.246. The highest BCUT2D eigenvalue weighted by atomic mass is 15.2. The summed E-state index contributed by atoms with van der Waals surface area (Å²) in [5.41, 5.74) is 16.1. The molecule has 0 saturated heterocycles. The van der Waals surface area contributed by atoms with Crippen molar-refractivity contribution in [1.29, 1.82) is 0 Å². The highest BCUT2D eigenvalue weighted by Gasteiger charge is 2.25. The fraction of sp³-hybridized carbons (Fsp3) is 0.538. The summed E-state index contributed by atoms with van der Waals surface area (Å²) in [5.74, 6) is 8.93. The molecule has 7 heteroatoms. The fourth-order valence-corrected chi connectivity index (χ4v) is 5.16. The van der Waals surface area contributed by atoms with Crippen LogP contribution in [0.5, 0.6) is 0 Å². The van der Waals surface area contributed by atoms with Crippen LogP contribution in [0, 0.1) is 5.92 Å². The minimum absolute atomic E-state index is 0.0210. The maximum atomic E-state index is 5.97. The summed E-state index contributed by atoms with van der Waals surface area (Å²) in [6, 6.07) is 4.31. The average molecular weight is 450 g/mol. The third-order valence-corrected chi connectivity index (χ3v) is 7.22. The zero-order chi connectivity index (χ0) is 23.7. The molecule has 33 heavy (non-hydrogen) atoms. The molecule has 2 atom stereocenters. The average Bonchev–Trinajstić information content (AvgIpc) is 3.46. The summed E-state index contributed by atoms with van der Waals surface area (Å²) in [6.45, 7) is 10.8. The van der Waals surface area contributed by atoms with E-state index in [1.165, 1.54) is 48.1 Å². The van der Waals surface area contributed by atoms with Crippen molar-refractivity contribution < 1.29 is 0 Å². The summed E-state index contributed by atoms with van der Waals surface area (Å²) >= 11 is 0. The maximum Gasteiger partial charge on any atom is 0.125 e. The van der Waals surface area contributed by atoms with Gasteiger partial charge in [0.05, 0.1) is 23.1 Å². The second-order valence-electron chi connectivity index (χ2n) is 10.1. The summed E-state index contributed by atoms with van der Waals surface area (Å²) in [6.07, 6.45) is 9.13. The van der Waals surface area contributed by atoms with E-state index in [0.29, 0.717) is 17.8 Å². The van der Waals surface area contributed by atoms with Crippen LogP contribution in [-0.4, -0.2) is 19.9 Å². The fourth-order valence-electron chi connectivity index (χ4n) is 5.16. The van der Waals surface area contributed by atoms with Gasteiger partial charge in [-0.25, -0.2) is 9.97 Å².